The van der Waals surface area contributed by atoms with Crippen LogP contribution in [0.1, 0.15) is 41.5 Å². The van der Waals surface area contributed by atoms with Gasteiger partial charge in [0.2, 0.25) is 0 Å². The van der Waals surface area contributed by atoms with E-state index in [9.17, 15) is 0 Å². The molecule has 0 saturated heterocycles. The molecule has 0 aromatic heterocycles. The molecule has 0 fully saturated rings. The van der Waals surface area contributed by atoms with Gasteiger partial charge in [-0.15, -0.1) is 0 Å². The quantitative estimate of drug-likeness (QED) is 0.536. The molecule has 0 amide bonds. The fourth-order valence-corrected chi connectivity index (χ4v) is 9.20. The van der Waals surface area contributed by atoms with Crippen LogP contribution in [0.4, 0.5) is 0 Å². The summed E-state index contributed by atoms with van der Waals surface area (Å²) >= 11 is 0. The number of rotatable bonds is 8. The molecule has 1 rings (SSSR count). The standard InChI is InChI=1S/C18H32OSi/c1-15(2)12-20(13-16(3)4,14-17(5)6)19-18-10-8-7-9-11-18/h7-11,15-17H,12-14H2,1-6H3. The minimum atomic E-state index is -1.73. The van der Waals surface area contributed by atoms with Gasteiger partial charge in [-0.05, 0) is 48.0 Å². The molecule has 0 bridgehead atoms. The van der Waals surface area contributed by atoms with E-state index in [-0.39, 0.29) is 0 Å². The van der Waals surface area contributed by atoms with E-state index in [0.29, 0.717) is 17.8 Å². The molecule has 0 aliphatic carbocycles. The van der Waals surface area contributed by atoms with E-state index in [1.165, 1.54) is 18.1 Å². The van der Waals surface area contributed by atoms with Gasteiger partial charge >= 0.3 is 0 Å². The number of hydrogen-bond donors (Lipinski definition) is 0. The van der Waals surface area contributed by atoms with Crippen LogP contribution in [-0.4, -0.2) is 8.32 Å². The Balaban J connectivity index is 3.00. The molecule has 1 nitrogen and oxygen atoms in total. The lowest BCUT2D eigenvalue weighted by Gasteiger charge is -2.36. The molecule has 0 radical (unpaired) electrons. The second-order valence-electron chi connectivity index (χ2n) is 7.39. The molecule has 0 spiro atoms. The summed E-state index contributed by atoms with van der Waals surface area (Å²) in [7, 11) is -1.73. The van der Waals surface area contributed by atoms with Crippen molar-refractivity contribution >= 4 is 8.32 Å². The average Bonchev–Trinajstić information content (AvgIpc) is 2.26. The van der Waals surface area contributed by atoms with Crippen LogP contribution in [0.2, 0.25) is 18.1 Å². The van der Waals surface area contributed by atoms with Gasteiger partial charge in [0, 0.05) is 0 Å². The first kappa shape index (κ1) is 17.3. The second-order valence-corrected chi connectivity index (χ2v) is 11.2. The van der Waals surface area contributed by atoms with Crippen molar-refractivity contribution in [3.05, 3.63) is 30.3 Å². The first-order valence-corrected chi connectivity index (χ1v) is 10.6. The van der Waals surface area contributed by atoms with E-state index < -0.39 is 8.32 Å². The van der Waals surface area contributed by atoms with Crippen LogP contribution in [0.15, 0.2) is 30.3 Å². The zero-order chi connectivity index (χ0) is 15.2. The van der Waals surface area contributed by atoms with E-state index in [4.69, 9.17) is 4.43 Å². The first-order valence-electron chi connectivity index (χ1n) is 8.07. The van der Waals surface area contributed by atoms with Gasteiger partial charge in [-0.25, -0.2) is 0 Å². The Kier molecular flexibility index (Phi) is 6.80. The molecule has 20 heavy (non-hydrogen) atoms. The molecule has 0 atom stereocenters. The van der Waals surface area contributed by atoms with E-state index in [2.05, 4.69) is 71.9 Å². The van der Waals surface area contributed by atoms with E-state index >= 15 is 0 Å². The Labute approximate surface area is 126 Å². The zero-order valence-corrected chi connectivity index (χ0v) is 15.1. The van der Waals surface area contributed by atoms with Crippen molar-refractivity contribution in [2.45, 2.75) is 59.7 Å². The largest absolute Gasteiger partial charge is 0.543 e. The van der Waals surface area contributed by atoms with Crippen molar-refractivity contribution in [2.24, 2.45) is 17.8 Å². The Morgan fingerprint density at radius 1 is 0.750 bits per heavy atom. The highest BCUT2D eigenvalue weighted by Crippen LogP contribution is 2.34. The predicted molar refractivity (Wildman–Crippen MR) is 91.8 cm³/mol. The van der Waals surface area contributed by atoms with Crippen molar-refractivity contribution < 1.29 is 4.43 Å². The van der Waals surface area contributed by atoms with Crippen molar-refractivity contribution in [3.63, 3.8) is 0 Å². The van der Waals surface area contributed by atoms with Crippen LogP contribution >= 0.6 is 0 Å². The molecule has 0 aliphatic heterocycles. The van der Waals surface area contributed by atoms with Gasteiger partial charge in [-0.3, -0.25) is 0 Å². The zero-order valence-electron chi connectivity index (χ0n) is 14.1. The second kappa shape index (κ2) is 7.87. The highest BCUT2D eigenvalue weighted by molar-refractivity contribution is 6.74. The average molecular weight is 293 g/mol. The van der Waals surface area contributed by atoms with Crippen molar-refractivity contribution in [2.75, 3.05) is 0 Å². The van der Waals surface area contributed by atoms with E-state index in [0.717, 1.165) is 5.75 Å². The first-order chi connectivity index (χ1) is 9.33. The lowest BCUT2D eigenvalue weighted by Crippen LogP contribution is -2.45. The van der Waals surface area contributed by atoms with Gasteiger partial charge in [-0.1, -0.05) is 59.7 Å². The maximum Gasteiger partial charge on any atom is 0.252 e. The Morgan fingerprint density at radius 3 is 1.50 bits per heavy atom. The lowest BCUT2D eigenvalue weighted by molar-refractivity contribution is 0.474. The van der Waals surface area contributed by atoms with Crippen molar-refractivity contribution in [1.29, 1.82) is 0 Å². The Hall–Kier alpha value is -0.763. The topological polar surface area (TPSA) is 9.23 Å². The van der Waals surface area contributed by atoms with Gasteiger partial charge < -0.3 is 4.43 Å². The fraction of sp³-hybridized carbons (Fsp3) is 0.667. The molecule has 0 N–H and O–H groups in total. The van der Waals surface area contributed by atoms with Crippen molar-refractivity contribution in [3.8, 4) is 5.75 Å². The molecule has 0 heterocycles. The van der Waals surface area contributed by atoms with Gasteiger partial charge in [0.05, 0.1) is 0 Å². The smallest absolute Gasteiger partial charge is 0.252 e. The summed E-state index contributed by atoms with van der Waals surface area (Å²) in [5.41, 5.74) is 0. The van der Waals surface area contributed by atoms with Crippen LogP contribution < -0.4 is 4.43 Å². The molecule has 1 aromatic carbocycles. The third kappa shape index (κ3) is 6.13. The highest BCUT2D eigenvalue weighted by Gasteiger charge is 2.39. The van der Waals surface area contributed by atoms with Gasteiger partial charge in [0.25, 0.3) is 8.32 Å². The summed E-state index contributed by atoms with van der Waals surface area (Å²) in [6, 6.07) is 14.2. The molecule has 0 unspecified atom stereocenters. The predicted octanol–water partition coefficient (Wildman–Crippen LogP) is 5.98. The maximum absolute atomic E-state index is 6.67. The summed E-state index contributed by atoms with van der Waals surface area (Å²) in [5.74, 6) is 3.20. The molecule has 2 heteroatoms. The molecular weight excluding hydrogens is 260 g/mol. The molecule has 114 valence electrons. The Morgan fingerprint density at radius 2 is 1.15 bits per heavy atom. The third-order valence-corrected chi connectivity index (χ3v) is 8.77. The summed E-state index contributed by atoms with van der Waals surface area (Å²) in [6.07, 6.45) is 0. The minimum absolute atomic E-state index is 0.711. The molecular formula is C18H32OSi. The van der Waals surface area contributed by atoms with Crippen molar-refractivity contribution in [1.82, 2.24) is 0 Å². The molecule has 0 aliphatic rings. The third-order valence-electron chi connectivity index (χ3n) is 3.42. The molecule has 0 saturated carbocycles. The van der Waals surface area contributed by atoms with Gasteiger partial charge in [0.15, 0.2) is 0 Å². The van der Waals surface area contributed by atoms with Crippen LogP contribution in [0.5, 0.6) is 5.75 Å². The summed E-state index contributed by atoms with van der Waals surface area (Å²) in [5, 5.41) is 0. The van der Waals surface area contributed by atoms with E-state index in [1.54, 1.807) is 0 Å². The van der Waals surface area contributed by atoms with Crippen LogP contribution in [0, 0.1) is 17.8 Å². The lowest BCUT2D eigenvalue weighted by atomic mass is 10.2. The SMILES string of the molecule is CC(C)C[Si](CC(C)C)(CC(C)C)Oc1ccccc1. The number of benzene rings is 1. The van der Waals surface area contributed by atoms with Crippen LogP contribution in [-0.2, 0) is 0 Å². The van der Waals surface area contributed by atoms with Gasteiger partial charge in [0.1, 0.15) is 5.75 Å². The number of hydrogen-bond acceptors (Lipinski definition) is 1. The fourth-order valence-electron chi connectivity index (χ4n) is 3.35. The normalized spacial score (nSPS) is 12.4. The van der Waals surface area contributed by atoms with Crippen LogP contribution in [0.3, 0.4) is 0 Å². The van der Waals surface area contributed by atoms with Crippen LogP contribution in [0.25, 0.3) is 0 Å². The maximum atomic E-state index is 6.67. The summed E-state index contributed by atoms with van der Waals surface area (Å²) < 4.78 is 6.67. The number of para-hydroxylation sites is 1. The Bertz CT molecular complexity index is 344. The summed E-state index contributed by atoms with van der Waals surface area (Å²) in [6.45, 7) is 14.0. The highest BCUT2D eigenvalue weighted by atomic mass is 28.4. The monoisotopic (exact) mass is 292 g/mol. The molecule has 1 aromatic rings. The summed E-state index contributed by atoms with van der Waals surface area (Å²) in [4.78, 5) is 0. The van der Waals surface area contributed by atoms with E-state index in [1.807, 2.05) is 0 Å². The van der Waals surface area contributed by atoms with Gasteiger partial charge in [-0.2, -0.15) is 0 Å². The minimum Gasteiger partial charge on any atom is -0.543 e.